The SMILES string of the molecule is CN(C)c1ccc([N+](=O)[O-])cc1C(=O)Nc1ccc(Cl)c(C(=O)NC2CCCCC2)c1. The van der Waals surface area contributed by atoms with E-state index >= 15 is 0 Å². The van der Waals surface area contributed by atoms with Crippen molar-refractivity contribution in [3.63, 3.8) is 0 Å². The lowest BCUT2D eigenvalue weighted by atomic mass is 9.95. The van der Waals surface area contributed by atoms with E-state index in [1.807, 2.05) is 0 Å². The molecule has 0 aliphatic heterocycles. The molecule has 0 radical (unpaired) electrons. The Labute approximate surface area is 185 Å². The van der Waals surface area contributed by atoms with E-state index in [1.165, 1.54) is 30.7 Å². The van der Waals surface area contributed by atoms with Crippen LogP contribution >= 0.6 is 11.6 Å². The van der Waals surface area contributed by atoms with Crippen molar-refractivity contribution in [1.82, 2.24) is 5.32 Å². The van der Waals surface area contributed by atoms with Crippen molar-refractivity contribution in [3.05, 3.63) is 62.7 Å². The molecule has 8 nitrogen and oxygen atoms in total. The Kier molecular flexibility index (Phi) is 7.12. The van der Waals surface area contributed by atoms with Gasteiger partial charge in [-0.3, -0.25) is 19.7 Å². The lowest BCUT2D eigenvalue weighted by molar-refractivity contribution is -0.384. The van der Waals surface area contributed by atoms with Gasteiger partial charge in [-0.25, -0.2) is 0 Å². The topological polar surface area (TPSA) is 105 Å². The Morgan fingerprint density at radius 3 is 2.39 bits per heavy atom. The molecule has 0 aromatic heterocycles. The van der Waals surface area contributed by atoms with Crippen molar-refractivity contribution in [2.45, 2.75) is 38.1 Å². The molecule has 0 heterocycles. The molecule has 0 atom stereocenters. The van der Waals surface area contributed by atoms with Gasteiger partial charge in [0.25, 0.3) is 17.5 Å². The minimum absolute atomic E-state index is 0.128. The van der Waals surface area contributed by atoms with Gasteiger partial charge in [0.15, 0.2) is 0 Å². The summed E-state index contributed by atoms with van der Waals surface area (Å²) in [6.45, 7) is 0. The second-order valence-electron chi connectivity index (χ2n) is 7.81. The van der Waals surface area contributed by atoms with E-state index in [0.29, 0.717) is 11.4 Å². The first-order chi connectivity index (χ1) is 14.8. The summed E-state index contributed by atoms with van der Waals surface area (Å²) in [7, 11) is 3.49. The summed E-state index contributed by atoms with van der Waals surface area (Å²) < 4.78 is 0. The second-order valence-corrected chi connectivity index (χ2v) is 8.22. The molecule has 9 heteroatoms. The van der Waals surface area contributed by atoms with E-state index in [1.54, 1.807) is 31.1 Å². The highest BCUT2D eigenvalue weighted by Crippen LogP contribution is 2.27. The van der Waals surface area contributed by atoms with Crippen LogP contribution < -0.4 is 15.5 Å². The lowest BCUT2D eigenvalue weighted by Gasteiger charge is -2.23. The Morgan fingerprint density at radius 2 is 1.74 bits per heavy atom. The first-order valence-corrected chi connectivity index (χ1v) is 10.5. The van der Waals surface area contributed by atoms with Gasteiger partial charge in [0.05, 0.1) is 21.1 Å². The van der Waals surface area contributed by atoms with Gasteiger partial charge in [-0.2, -0.15) is 0 Å². The predicted octanol–water partition coefficient (Wildman–Crippen LogP) is 4.63. The molecular weight excluding hydrogens is 420 g/mol. The monoisotopic (exact) mass is 444 g/mol. The molecule has 0 spiro atoms. The summed E-state index contributed by atoms with van der Waals surface area (Å²) in [4.78, 5) is 37.9. The number of nitrogens with one attached hydrogen (secondary N) is 2. The Morgan fingerprint density at radius 1 is 1.03 bits per heavy atom. The molecule has 3 rings (SSSR count). The van der Waals surface area contributed by atoms with Gasteiger partial charge in [-0.1, -0.05) is 30.9 Å². The smallest absolute Gasteiger partial charge is 0.270 e. The number of non-ortho nitro benzene ring substituents is 1. The maximum atomic E-state index is 12.9. The van der Waals surface area contributed by atoms with Crippen LogP contribution in [0.4, 0.5) is 17.1 Å². The third-order valence-electron chi connectivity index (χ3n) is 5.33. The van der Waals surface area contributed by atoms with Gasteiger partial charge in [0.1, 0.15) is 0 Å². The zero-order valence-electron chi connectivity index (χ0n) is 17.5. The molecule has 31 heavy (non-hydrogen) atoms. The number of nitro benzene ring substituents is 1. The third-order valence-corrected chi connectivity index (χ3v) is 5.66. The first-order valence-electron chi connectivity index (χ1n) is 10.1. The Hall–Kier alpha value is -3.13. The van der Waals surface area contributed by atoms with E-state index in [-0.39, 0.29) is 33.8 Å². The number of carbonyl (C=O) groups is 2. The highest BCUT2D eigenvalue weighted by molar-refractivity contribution is 6.34. The van der Waals surface area contributed by atoms with Crippen molar-refractivity contribution in [3.8, 4) is 0 Å². The molecule has 0 unspecified atom stereocenters. The fourth-order valence-corrected chi connectivity index (χ4v) is 3.90. The zero-order valence-corrected chi connectivity index (χ0v) is 18.2. The van der Waals surface area contributed by atoms with E-state index in [2.05, 4.69) is 10.6 Å². The molecular formula is C22H25ClN4O4. The van der Waals surface area contributed by atoms with Gasteiger partial charge in [0.2, 0.25) is 0 Å². The summed E-state index contributed by atoms with van der Waals surface area (Å²) in [5.74, 6) is -0.800. The fraction of sp³-hybridized carbons (Fsp3) is 0.364. The molecule has 1 aliphatic carbocycles. The maximum Gasteiger partial charge on any atom is 0.270 e. The molecule has 2 aromatic rings. The number of rotatable bonds is 6. The summed E-state index contributed by atoms with van der Waals surface area (Å²) in [6.07, 6.45) is 5.25. The summed E-state index contributed by atoms with van der Waals surface area (Å²) in [6, 6.07) is 8.89. The van der Waals surface area contributed by atoms with Crippen LogP contribution in [0.5, 0.6) is 0 Å². The van der Waals surface area contributed by atoms with Crippen LogP contribution in [0, 0.1) is 10.1 Å². The molecule has 0 saturated heterocycles. The predicted molar refractivity (Wildman–Crippen MR) is 121 cm³/mol. The van der Waals surface area contributed by atoms with E-state index in [0.717, 1.165) is 25.7 Å². The normalized spacial score (nSPS) is 14.0. The van der Waals surface area contributed by atoms with Crippen LogP contribution in [-0.4, -0.2) is 36.9 Å². The number of nitro groups is 1. The van der Waals surface area contributed by atoms with Crippen LogP contribution in [0.25, 0.3) is 0 Å². The van der Waals surface area contributed by atoms with Crippen LogP contribution in [0.3, 0.4) is 0 Å². The number of amides is 2. The van der Waals surface area contributed by atoms with Crippen LogP contribution in [0.1, 0.15) is 52.8 Å². The molecule has 164 valence electrons. The average molecular weight is 445 g/mol. The van der Waals surface area contributed by atoms with Crippen molar-refractivity contribution < 1.29 is 14.5 Å². The Bertz CT molecular complexity index is 1000. The second kappa shape index (κ2) is 9.78. The molecule has 1 aliphatic rings. The fourth-order valence-electron chi connectivity index (χ4n) is 3.69. The van der Waals surface area contributed by atoms with Crippen molar-refractivity contribution in [2.24, 2.45) is 0 Å². The van der Waals surface area contributed by atoms with Gasteiger partial charge in [0, 0.05) is 43.6 Å². The highest BCUT2D eigenvalue weighted by Gasteiger charge is 2.21. The Balaban J connectivity index is 1.82. The zero-order chi connectivity index (χ0) is 22.5. The molecule has 1 saturated carbocycles. The lowest BCUT2D eigenvalue weighted by Crippen LogP contribution is -2.36. The minimum atomic E-state index is -0.549. The average Bonchev–Trinajstić information content (AvgIpc) is 2.75. The first kappa shape index (κ1) is 22.6. The van der Waals surface area contributed by atoms with Crippen molar-refractivity contribution in [2.75, 3.05) is 24.3 Å². The molecule has 1 fully saturated rings. The number of nitrogens with zero attached hydrogens (tertiary/aromatic N) is 2. The number of anilines is 2. The largest absolute Gasteiger partial charge is 0.377 e. The van der Waals surface area contributed by atoms with Crippen LogP contribution in [0.15, 0.2) is 36.4 Å². The van der Waals surface area contributed by atoms with E-state index in [4.69, 9.17) is 11.6 Å². The van der Waals surface area contributed by atoms with Gasteiger partial charge in [-0.15, -0.1) is 0 Å². The standard InChI is InChI=1S/C22H25ClN4O4/c1-26(2)20-11-9-16(27(30)31)13-18(20)22(29)25-15-8-10-19(23)17(12-15)21(28)24-14-6-4-3-5-7-14/h8-14H,3-7H2,1-2H3,(H,24,28)(H,25,29). The summed E-state index contributed by atoms with van der Waals surface area (Å²) >= 11 is 6.23. The van der Waals surface area contributed by atoms with E-state index in [9.17, 15) is 19.7 Å². The van der Waals surface area contributed by atoms with Crippen molar-refractivity contribution in [1.29, 1.82) is 0 Å². The highest BCUT2D eigenvalue weighted by atomic mass is 35.5. The van der Waals surface area contributed by atoms with Gasteiger partial charge < -0.3 is 15.5 Å². The van der Waals surface area contributed by atoms with Crippen LogP contribution in [-0.2, 0) is 0 Å². The van der Waals surface area contributed by atoms with E-state index < -0.39 is 10.8 Å². The number of hydrogen-bond donors (Lipinski definition) is 2. The van der Waals surface area contributed by atoms with Gasteiger partial charge in [-0.05, 0) is 37.1 Å². The number of halogens is 1. The van der Waals surface area contributed by atoms with Crippen LogP contribution in [0.2, 0.25) is 5.02 Å². The molecule has 2 aromatic carbocycles. The number of carbonyl (C=O) groups excluding carboxylic acids is 2. The minimum Gasteiger partial charge on any atom is -0.377 e. The number of benzene rings is 2. The molecule has 0 bridgehead atoms. The maximum absolute atomic E-state index is 12.9. The summed E-state index contributed by atoms with van der Waals surface area (Å²) in [5.41, 5.74) is 1.16. The number of hydrogen-bond acceptors (Lipinski definition) is 5. The van der Waals surface area contributed by atoms with Crippen molar-refractivity contribution >= 4 is 40.5 Å². The molecule has 2 N–H and O–H groups in total. The third kappa shape index (κ3) is 5.52. The quantitative estimate of drug-likeness (QED) is 0.499. The molecule has 2 amide bonds. The summed E-state index contributed by atoms with van der Waals surface area (Å²) in [5, 5.41) is 17.2. The van der Waals surface area contributed by atoms with Gasteiger partial charge >= 0.3 is 0 Å².